The highest BCUT2D eigenvalue weighted by Gasteiger charge is 2.43. The first-order valence-electron chi connectivity index (χ1n) is 4.92. The highest BCUT2D eigenvalue weighted by molar-refractivity contribution is 5.94. The van der Waals surface area contributed by atoms with Crippen molar-refractivity contribution in [1.29, 1.82) is 0 Å². The lowest BCUT2D eigenvalue weighted by Crippen LogP contribution is -2.41. The Kier molecular flexibility index (Phi) is 2.44. The maximum absolute atomic E-state index is 11.7. The van der Waals surface area contributed by atoms with E-state index < -0.39 is 5.72 Å². The maximum Gasteiger partial charge on any atom is 0.291 e. The van der Waals surface area contributed by atoms with Crippen LogP contribution in [0.2, 0.25) is 0 Å². The number of methoxy groups -OCH3 is 1. The molecule has 0 saturated carbocycles. The van der Waals surface area contributed by atoms with E-state index in [1.807, 2.05) is 18.2 Å². The number of nitrogens with zero attached hydrogens (tertiary/aromatic N) is 1. The third kappa shape index (κ3) is 1.39. The molecule has 0 fully saturated rings. The van der Waals surface area contributed by atoms with Crippen molar-refractivity contribution in [1.82, 2.24) is 4.90 Å². The fraction of sp³-hybridized carbons (Fsp3) is 0.250. The summed E-state index contributed by atoms with van der Waals surface area (Å²) in [7, 11) is 2.95. The van der Waals surface area contributed by atoms with Gasteiger partial charge in [-0.3, -0.25) is 4.79 Å². The normalized spacial score (nSPS) is 24.6. The fourth-order valence-electron chi connectivity index (χ4n) is 1.77. The number of carbonyl (C=O) groups excluding carboxylic acids is 1. The van der Waals surface area contributed by atoms with Crippen molar-refractivity contribution in [2.24, 2.45) is 0 Å². The van der Waals surface area contributed by atoms with Gasteiger partial charge in [-0.15, -0.1) is 0 Å². The van der Waals surface area contributed by atoms with Crippen LogP contribution in [0, 0.1) is 0 Å². The van der Waals surface area contributed by atoms with Crippen LogP contribution in [0.25, 0.3) is 0 Å². The van der Waals surface area contributed by atoms with E-state index in [-0.39, 0.29) is 11.7 Å². The van der Waals surface area contributed by atoms with Gasteiger partial charge >= 0.3 is 0 Å². The van der Waals surface area contributed by atoms with Gasteiger partial charge < -0.3 is 14.7 Å². The van der Waals surface area contributed by atoms with Crippen molar-refractivity contribution in [3.63, 3.8) is 0 Å². The number of hydrogen-bond acceptors (Lipinski definition) is 3. The second-order valence-corrected chi connectivity index (χ2v) is 3.67. The second-order valence-electron chi connectivity index (χ2n) is 3.67. The number of carbonyl (C=O) groups is 1. The number of likely N-dealkylation sites (N-methyl/N-ethyl adjacent to an activating group) is 1. The van der Waals surface area contributed by atoms with E-state index in [1.54, 1.807) is 12.1 Å². The van der Waals surface area contributed by atoms with Crippen LogP contribution in [0.1, 0.15) is 5.56 Å². The Labute approximate surface area is 93.8 Å². The van der Waals surface area contributed by atoms with Gasteiger partial charge in [-0.05, 0) is 0 Å². The molecule has 4 nitrogen and oxygen atoms in total. The zero-order valence-corrected chi connectivity index (χ0v) is 9.18. The number of amides is 1. The van der Waals surface area contributed by atoms with Crippen LogP contribution in [0.5, 0.6) is 0 Å². The minimum Gasteiger partial charge on any atom is -0.491 e. The Morgan fingerprint density at radius 1 is 1.31 bits per heavy atom. The maximum atomic E-state index is 11.7. The zero-order chi connectivity index (χ0) is 11.8. The third-order valence-electron chi connectivity index (χ3n) is 2.78. The SMILES string of the molecule is COC1=CC(O)(c2ccccc2)N(C)C1=O. The summed E-state index contributed by atoms with van der Waals surface area (Å²) >= 11 is 0. The van der Waals surface area contributed by atoms with Gasteiger partial charge in [0, 0.05) is 18.7 Å². The largest absolute Gasteiger partial charge is 0.491 e. The molecule has 16 heavy (non-hydrogen) atoms. The molecular formula is C12H13NO3. The molecule has 1 aromatic carbocycles. The lowest BCUT2D eigenvalue weighted by atomic mass is 10.0. The van der Waals surface area contributed by atoms with Crippen molar-refractivity contribution < 1.29 is 14.6 Å². The molecule has 0 aliphatic carbocycles. The standard InChI is InChI=1S/C12H13NO3/c1-13-11(14)10(16-2)8-12(13,15)9-6-4-3-5-7-9/h3-8,15H,1-2H3. The van der Waals surface area contributed by atoms with Crippen molar-refractivity contribution >= 4 is 5.91 Å². The van der Waals surface area contributed by atoms with Gasteiger partial charge in [0.1, 0.15) is 0 Å². The van der Waals surface area contributed by atoms with Gasteiger partial charge in [-0.25, -0.2) is 0 Å². The van der Waals surface area contributed by atoms with Gasteiger partial charge in [0.05, 0.1) is 7.11 Å². The molecule has 0 saturated heterocycles. The van der Waals surface area contributed by atoms with E-state index in [1.165, 1.54) is 25.1 Å². The summed E-state index contributed by atoms with van der Waals surface area (Å²) in [6, 6.07) is 9.00. The van der Waals surface area contributed by atoms with Crippen LogP contribution in [0.15, 0.2) is 42.2 Å². The molecular weight excluding hydrogens is 206 g/mol. The summed E-state index contributed by atoms with van der Waals surface area (Å²) < 4.78 is 4.92. The van der Waals surface area contributed by atoms with E-state index >= 15 is 0 Å². The number of aliphatic hydroxyl groups is 1. The average molecular weight is 219 g/mol. The Bertz CT molecular complexity index is 441. The predicted octanol–water partition coefficient (Wildman–Crippen LogP) is 0.834. The van der Waals surface area contributed by atoms with Crippen LogP contribution in [-0.4, -0.2) is 30.1 Å². The number of benzene rings is 1. The Morgan fingerprint density at radius 3 is 2.44 bits per heavy atom. The first-order chi connectivity index (χ1) is 7.59. The minimum absolute atomic E-state index is 0.161. The van der Waals surface area contributed by atoms with Crippen molar-refractivity contribution in [3.05, 3.63) is 47.7 Å². The molecule has 1 aliphatic rings. The zero-order valence-electron chi connectivity index (χ0n) is 9.18. The molecule has 0 radical (unpaired) electrons. The highest BCUT2D eigenvalue weighted by Crippen LogP contribution is 2.33. The van der Waals surface area contributed by atoms with E-state index in [2.05, 4.69) is 0 Å². The number of hydrogen-bond donors (Lipinski definition) is 1. The van der Waals surface area contributed by atoms with E-state index in [0.29, 0.717) is 5.56 Å². The van der Waals surface area contributed by atoms with Crippen LogP contribution in [-0.2, 0) is 15.3 Å². The number of rotatable bonds is 2. The van der Waals surface area contributed by atoms with Crippen LogP contribution in [0.3, 0.4) is 0 Å². The third-order valence-corrected chi connectivity index (χ3v) is 2.78. The summed E-state index contributed by atoms with van der Waals surface area (Å²) in [6.45, 7) is 0. The smallest absolute Gasteiger partial charge is 0.291 e. The van der Waals surface area contributed by atoms with Crippen LogP contribution in [0.4, 0.5) is 0 Å². The molecule has 1 amide bonds. The first kappa shape index (κ1) is 10.7. The van der Waals surface area contributed by atoms with Gasteiger partial charge in [0.2, 0.25) is 0 Å². The molecule has 1 aliphatic heterocycles. The molecule has 1 atom stereocenters. The quantitative estimate of drug-likeness (QED) is 0.801. The average Bonchev–Trinajstić information content (AvgIpc) is 2.56. The molecule has 0 aromatic heterocycles. The molecule has 0 bridgehead atoms. The lowest BCUT2D eigenvalue weighted by molar-refractivity contribution is -0.141. The summed E-state index contributed by atoms with van der Waals surface area (Å²) in [5.74, 6) is -0.164. The van der Waals surface area contributed by atoms with Crippen LogP contribution >= 0.6 is 0 Å². The predicted molar refractivity (Wildman–Crippen MR) is 58.2 cm³/mol. The van der Waals surface area contributed by atoms with Crippen molar-refractivity contribution in [3.8, 4) is 0 Å². The highest BCUT2D eigenvalue weighted by atomic mass is 16.5. The van der Waals surface area contributed by atoms with Gasteiger partial charge in [-0.1, -0.05) is 30.3 Å². The lowest BCUT2D eigenvalue weighted by Gasteiger charge is -2.29. The molecule has 4 heteroatoms. The topological polar surface area (TPSA) is 49.8 Å². The molecule has 1 aromatic rings. The Hall–Kier alpha value is -1.81. The van der Waals surface area contributed by atoms with Crippen molar-refractivity contribution in [2.45, 2.75) is 5.72 Å². The van der Waals surface area contributed by atoms with Crippen molar-refractivity contribution in [2.75, 3.05) is 14.2 Å². The van der Waals surface area contributed by atoms with Gasteiger partial charge in [-0.2, -0.15) is 0 Å². The van der Waals surface area contributed by atoms with Gasteiger partial charge in [0.25, 0.3) is 5.91 Å². The first-order valence-corrected chi connectivity index (χ1v) is 4.92. The Balaban J connectivity index is 2.47. The molecule has 2 rings (SSSR count). The Morgan fingerprint density at radius 2 is 1.94 bits per heavy atom. The van der Waals surface area contributed by atoms with E-state index in [9.17, 15) is 9.90 Å². The summed E-state index contributed by atoms with van der Waals surface area (Å²) in [5, 5.41) is 10.5. The second kappa shape index (κ2) is 3.64. The molecule has 84 valence electrons. The molecule has 0 spiro atoms. The fourth-order valence-corrected chi connectivity index (χ4v) is 1.77. The molecule has 1 unspecified atom stereocenters. The summed E-state index contributed by atoms with van der Waals surface area (Å²) in [4.78, 5) is 12.9. The molecule has 1 N–H and O–H groups in total. The van der Waals surface area contributed by atoms with E-state index in [0.717, 1.165) is 0 Å². The summed E-state index contributed by atoms with van der Waals surface area (Å²) in [5.41, 5.74) is -0.776. The van der Waals surface area contributed by atoms with Gasteiger partial charge in [0.15, 0.2) is 11.5 Å². The molecule has 1 heterocycles. The summed E-state index contributed by atoms with van der Waals surface area (Å²) in [6.07, 6.45) is 1.42. The number of ether oxygens (including phenoxy) is 1. The minimum atomic E-state index is -1.41. The monoisotopic (exact) mass is 219 g/mol. The van der Waals surface area contributed by atoms with E-state index in [4.69, 9.17) is 4.74 Å². The van der Waals surface area contributed by atoms with Crippen LogP contribution < -0.4 is 0 Å².